The molecule has 0 rings (SSSR count). The third kappa shape index (κ3) is 28.4. The van der Waals surface area contributed by atoms with Gasteiger partial charge in [0.2, 0.25) is 0 Å². The van der Waals surface area contributed by atoms with E-state index in [1.807, 2.05) is 0 Å². The van der Waals surface area contributed by atoms with Gasteiger partial charge in [0.15, 0.2) is 6.10 Å². The molecule has 0 radical (unpaired) electrons. The van der Waals surface area contributed by atoms with Gasteiger partial charge >= 0.3 is 11.9 Å². The fraction of sp³-hybridized carbons (Fsp3) is 0.941. The normalized spacial score (nSPS) is 12.8. The highest BCUT2D eigenvalue weighted by Crippen LogP contribution is 2.14. The van der Waals surface area contributed by atoms with Gasteiger partial charge in [-0.2, -0.15) is 0 Å². The number of unbranched alkanes of at least 4 members (excludes halogenated alkanes) is 20. The van der Waals surface area contributed by atoms with Crippen molar-refractivity contribution in [3.05, 3.63) is 0 Å². The van der Waals surface area contributed by atoms with Crippen LogP contribution in [0.5, 0.6) is 0 Å². The van der Waals surface area contributed by atoms with Crippen LogP contribution in [0.2, 0.25) is 0 Å². The topological polar surface area (TPSA) is 82.1 Å². The molecule has 2 unspecified atom stereocenters. The van der Waals surface area contributed by atoms with E-state index < -0.39 is 6.10 Å². The molecule has 6 heteroatoms. The van der Waals surface area contributed by atoms with E-state index in [1.54, 1.807) is 6.92 Å². The van der Waals surface area contributed by atoms with Crippen molar-refractivity contribution in [2.24, 2.45) is 0 Å². The first-order valence-corrected chi connectivity index (χ1v) is 17.1. The lowest BCUT2D eigenvalue weighted by molar-refractivity contribution is -0.164. The first-order chi connectivity index (χ1) is 19.5. The molecule has 0 aliphatic heterocycles. The van der Waals surface area contributed by atoms with Crippen molar-refractivity contribution < 1.29 is 28.9 Å². The van der Waals surface area contributed by atoms with Crippen molar-refractivity contribution in [3.63, 3.8) is 0 Å². The van der Waals surface area contributed by atoms with Crippen LogP contribution in [0, 0.1) is 0 Å². The third-order valence-corrected chi connectivity index (χ3v) is 7.52. The van der Waals surface area contributed by atoms with Gasteiger partial charge in [-0.25, -0.2) is 0 Å². The van der Waals surface area contributed by atoms with Crippen LogP contribution in [0.1, 0.15) is 175 Å². The van der Waals surface area contributed by atoms with Crippen LogP contribution in [-0.2, 0) is 23.8 Å². The van der Waals surface area contributed by atoms with Crippen molar-refractivity contribution in [2.45, 2.75) is 187 Å². The van der Waals surface area contributed by atoms with Crippen molar-refractivity contribution in [2.75, 3.05) is 19.8 Å². The molecule has 6 nitrogen and oxygen atoms in total. The molecule has 0 saturated heterocycles. The van der Waals surface area contributed by atoms with Crippen LogP contribution in [0.4, 0.5) is 0 Å². The van der Waals surface area contributed by atoms with Gasteiger partial charge in [0.25, 0.3) is 0 Å². The Morgan fingerprint density at radius 1 is 0.550 bits per heavy atom. The summed E-state index contributed by atoms with van der Waals surface area (Å²) in [7, 11) is 0. The van der Waals surface area contributed by atoms with E-state index in [-0.39, 0.29) is 37.9 Å². The summed E-state index contributed by atoms with van der Waals surface area (Å²) in [4.78, 5) is 24.6. The van der Waals surface area contributed by atoms with Gasteiger partial charge in [0.05, 0.1) is 19.3 Å². The number of ether oxygens (including phenoxy) is 3. The number of esters is 2. The smallest absolute Gasteiger partial charge is 0.306 e. The summed E-state index contributed by atoms with van der Waals surface area (Å²) in [5.41, 5.74) is 0. The Kier molecular flexibility index (Phi) is 29.9. The van der Waals surface area contributed by atoms with Crippen molar-refractivity contribution in [1.82, 2.24) is 0 Å². The number of hydrogen-bond acceptors (Lipinski definition) is 6. The van der Waals surface area contributed by atoms with Crippen molar-refractivity contribution >= 4 is 11.9 Å². The summed E-state index contributed by atoms with van der Waals surface area (Å²) in [6.07, 6.45) is 26.9. The lowest BCUT2D eigenvalue weighted by Gasteiger charge is -2.20. The van der Waals surface area contributed by atoms with E-state index in [0.29, 0.717) is 12.8 Å². The molecule has 238 valence electrons. The van der Waals surface area contributed by atoms with E-state index >= 15 is 0 Å². The number of aliphatic hydroxyl groups is 1. The molecule has 0 bridgehead atoms. The van der Waals surface area contributed by atoms with Gasteiger partial charge in [0.1, 0.15) is 6.61 Å². The second kappa shape index (κ2) is 30.8. The van der Waals surface area contributed by atoms with Gasteiger partial charge in [0, 0.05) is 12.8 Å². The monoisotopic (exact) mass is 570 g/mol. The number of hydrogen-bond donors (Lipinski definition) is 1. The Morgan fingerprint density at radius 3 is 1.32 bits per heavy atom. The molecule has 0 aromatic heterocycles. The molecule has 0 aromatic carbocycles. The lowest BCUT2D eigenvalue weighted by atomic mass is 10.1. The first kappa shape index (κ1) is 38.9. The van der Waals surface area contributed by atoms with Crippen LogP contribution in [0.25, 0.3) is 0 Å². The highest BCUT2D eigenvalue weighted by Gasteiger charge is 2.18. The molecule has 1 N–H and O–H groups in total. The molecule has 0 heterocycles. The minimum atomic E-state index is -0.643. The fourth-order valence-corrected chi connectivity index (χ4v) is 4.81. The van der Waals surface area contributed by atoms with Crippen LogP contribution in [0.15, 0.2) is 0 Å². The molecule has 0 aliphatic carbocycles. The largest absolute Gasteiger partial charge is 0.462 e. The van der Waals surface area contributed by atoms with Gasteiger partial charge < -0.3 is 19.3 Å². The van der Waals surface area contributed by atoms with Crippen LogP contribution in [-0.4, -0.2) is 49.1 Å². The summed E-state index contributed by atoms with van der Waals surface area (Å²) >= 11 is 0. The third-order valence-electron chi connectivity index (χ3n) is 7.52. The molecule has 2 atom stereocenters. The fourth-order valence-electron chi connectivity index (χ4n) is 4.81. The molecule has 40 heavy (non-hydrogen) atoms. The van der Waals surface area contributed by atoms with Crippen LogP contribution in [0.3, 0.4) is 0 Å². The second-order valence-electron chi connectivity index (χ2n) is 11.7. The SMILES string of the molecule is CCCCCCCCCCCCCC(=O)OCC(COC(C)CO)OC(=O)CCCCCCCCCCCCC. The Hall–Kier alpha value is -1.14. The molecule has 0 saturated carbocycles. The Bertz CT molecular complexity index is 553. The molecular weight excluding hydrogens is 504 g/mol. The van der Waals surface area contributed by atoms with Gasteiger partial charge in [-0.05, 0) is 19.8 Å². The minimum absolute atomic E-state index is 0.000983. The Balaban J connectivity index is 3.98. The standard InChI is InChI=1S/C34H66O6/c1-4-6-8-10-12-14-16-18-20-22-24-26-33(36)39-30-32(29-38-31(3)28-35)40-34(37)27-25-23-21-19-17-15-13-11-9-7-5-2/h31-32,35H,4-30H2,1-3H3. The van der Waals surface area contributed by atoms with Crippen LogP contribution >= 0.6 is 0 Å². The molecule has 0 amide bonds. The predicted molar refractivity (Wildman–Crippen MR) is 165 cm³/mol. The number of aliphatic hydroxyl groups excluding tert-OH is 1. The number of carbonyl (C=O) groups excluding carboxylic acids is 2. The van der Waals surface area contributed by atoms with Gasteiger partial charge in [-0.15, -0.1) is 0 Å². The Labute approximate surface area is 247 Å². The van der Waals surface area contributed by atoms with Crippen LogP contribution < -0.4 is 0 Å². The van der Waals surface area contributed by atoms with Crippen molar-refractivity contribution in [3.8, 4) is 0 Å². The maximum Gasteiger partial charge on any atom is 0.306 e. The average molecular weight is 571 g/mol. The Morgan fingerprint density at radius 2 is 0.925 bits per heavy atom. The zero-order valence-electron chi connectivity index (χ0n) is 26.7. The van der Waals surface area contributed by atoms with E-state index in [0.717, 1.165) is 38.5 Å². The molecular formula is C34H66O6. The van der Waals surface area contributed by atoms with Gasteiger partial charge in [-0.3, -0.25) is 9.59 Å². The second-order valence-corrected chi connectivity index (χ2v) is 11.7. The van der Waals surface area contributed by atoms with Crippen molar-refractivity contribution in [1.29, 1.82) is 0 Å². The maximum atomic E-state index is 12.4. The molecule has 0 aliphatic rings. The molecule has 0 spiro atoms. The summed E-state index contributed by atoms with van der Waals surface area (Å²) < 4.78 is 16.5. The summed E-state index contributed by atoms with van der Waals surface area (Å²) in [6, 6.07) is 0. The first-order valence-electron chi connectivity index (χ1n) is 17.1. The zero-order valence-corrected chi connectivity index (χ0v) is 26.7. The quantitative estimate of drug-likeness (QED) is 0.0661. The van der Waals surface area contributed by atoms with E-state index in [4.69, 9.17) is 14.2 Å². The van der Waals surface area contributed by atoms with E-state index in [2.05, 4.69) is 13.8 Å². The van der Waals surface area contributed by atoms with E-state index in [1.165, 1.54) is 103 Å². The summed E-state index contributed by atoms with van der Waals surface area (Å²) in [5.74, 6) is -0.528. The average Bonchev–Trinajstić information content (AvgIpc) is 2.95. The molecule has 0 fully saturated rings. The zero-order chi connectivity index (χ0) is 29.5. The molecule has 0 aromatic rings. The predicted octanol–water partition coefficient (Wildman–Crippen LogP) is 9.24. The minimum Gasteiger partial charge on any atom is -0.462 e. The highest BCUT2D eigenvalue weighted by atomic mass is 16.6. The van der Waals surface area contributed by atoms with Gasteiger partial charge in [-0.1, -0.05) is 142 Å². The summed E-state index contributed by atoms with van der Waals surface area (Å²) in [6.45, 7) is 6.24. The number of carbonyl (C=O) groups is 2. The lowest BCUT2D eigenvalue weighted by Crippen LogP contribution is -2.31. The highest BCUT2D eigenvalue weighted by molar-refractivity contribution is 5.70. The maximum absolute atomic E-state index is 12.4. The van der Waals surface area contributed by atoms with E-state index in [9.17, 15) is 14.7 Å². The summed E-state index contributed by atoms with van der Waals surface area (Å²) in [5, 5.41) is 9.23. The number of rotatable bonds is 31.